The Morgan fingerprint density at radius 1 is 0.824 bits per heavy atom. The lowest BCUT2D eigenvalue weighted by atomic mass is 9.98. The van der Waals surface area contributed by atoms with Crippen molar-refractivity contribution in [2.75, 3.05) is 18.5 Å². The highest BCUT2D eigenvalue weighted by Gasteiger charge is 2.28. The van der Waals surface area contributed by atoms with Crippen molar-refractivity contribution < 1.29 is 24.2 Å². The maximum Gasteiger partial charge on any atom is 0.407 e. The molecule has 0 atom stereocenters. The average molecular weight is 459 g/mol. The van der Waals surface area contributed by atoms with E-state index in [9.17, 15) is 14.4 Å². The molecular formula is C27H26N2O5. The smallest absolute Gasteiger partial charge is 0.407 e. The Morgan fingerprint density at radius 2 is 1.44 bits per heavy atom. The first kappa shape index (κ1) is 23.0. The summed E-state index contributed by atoms with van der Waals surface area (Å²) in [7, 11) is 0. The topological polar surface area (TPSA) is 105 Å². The molecule has 0 fully saturated rings. The lowest BCUT2D eigenvalue weighted by molar-refractivity contribution is -0.116. The van der Waals surface area contributed by atoms with Gasteiger partial charge in [0.2, 0.25) is 5.91 Å². The molecule has 1 aliphatic carbocycles. The van der Waals surface area contributed by atoms with E-state index in [1.807, 2.05) is 24.3 Å². The number of hydrogen-bond donors (Lipinski definition) is 3. The van der Waals surface area contributed by atoms with Crippen LogP contribution in [0.25, 0.3) is 11.1 Å². The van der Waals surface area contributed by atoms with Crippen molar-refractivity contribution in [1.29, 1.82) is 0 Å². The highest BCUT2D eigenvalue weighted by molar-refractivity contribution is 5.92. The van der Waals surface area contributed by atoms with Gasteiger partial charge in [-0.3, -0.25) is 4.79 Å². The zero-order chi connectivity index (χ0) is 23.9. The summed E-state index contributed by atoms with van der Waals surface area (Å²) in [6.07, 6.45) is 1.07. The van der Waals surface area contributed by atoms with Crippen molar-refractivity contribution in [2.24, 2.45) is 0 Å². The lowest BCUT2D eigenvalue weighted by Crippen LogP contribution is -2.27. The first-order valence-corrected chi connectivity index (χ1v) is 11.2. The van der Waals surface area contributed by atoms with Crippen LogP contribution < -0.4 is 10.6 Å². The molecule has 4 rings (SSSR count). The minimum Gasteiger partial charge on any atom is -0.478 e. The molecule has 0 unspecified atom stereocenters. The molecule has 2 amide bonds. The summed E-state index contributed by atoms with van der Waals surface area (Å²) in [5, 5.41) is 14.4. The predicted molar refractivity (Wildman–Crippen MR) is 129 cm³/mol. The minimum absolute atomic E-state index is 0.0198. The number of carbonyl (C=O) groups is 3. The van der Waals surface area contributed by atoms with Gasteiger partial charge in [0.1, 0.15) is 6.61 Å². The van der Waals surface area contributed by atoms with Crippen LogP contribution in [-0.2, 0) is 9.53 Å². The number of carboxylic acids is 1. The second-order valence-electron chi connectivity index (χ2n) is 8.14. The molecule has 7 heteroatoms. The Hall–Kier alpha value is -4.13. The molecular weight excluding hydrogens is 432 g/mol. The number of alkyl carbamates (subject to hydrolysis) is 1. The van der Waals surface area contributed by atoms with Gasteiger partial charge in [0.25, 0.3) is 0 Å². The third-order valence-electron chi connectivity index (χ3n) is 5.86. The molecule has 0 aromatic heterocycles. The quantitative estimate of drug-likeness (QED) is 0.390. The minimum atomic E-state index is -1.01. The fourth-order valence-electron chi connectivity index (χ4n) is 4.17. The Kier molecular flexibility index (Phi) is 7.22. The van der Waals surface area contributed by atoms with Crippen LogP contribution >= 0.6 is 0 Å². The summed E-state index contributed by atoms with van der Waals surface area (Å²) in [6.45, 7) is 0.681. The zero-order valence-electron chi connectivity index (χ0n) is 18.6. The second-order valence-corrected chi connectivity index (χ2v) is 8.14. The number of carbonyl (C=O) groups excluding carboxylic acids is 2. The van der Waals surface area contributed by atoms with Crippen molar-refractivity contribution in [3.05, 3.63) is 89.5 Å². The maximum absolute atomic E-state index is 12.2. The Morgan fingerprint density at radius 3 is 2.06 bits per heavy atom. The summed E-state index contributed by atoms with van der Waals surface area (Å²) >= 11 is 0. The normalized spacial score (nSPS) is 11.9. The van der Waals surface area contributed by atoms with E-state index in [4.69, 9.17) is 9.84 Å². The Bertz CT molecular complexity index is 1140. The molecule has 3 aromatic carbocycles. The molecule has 174 valence electrons. The third-order valence-corrected chi connectivity index (χ3v) is 5.86. The standard InChI is InChI=1S/C27H26N2O5/c30-25(29-19-14-12-18(13-15-19)26(31)32)11-5-6-16-28-27(33)34-17-24-22-9-3-1-7-20(22)21-8-2-4-10-23(21)24/h1-4,7-10,12-15,24H,5-6,11,16-17H2,(H,28,33)(H,29,30)(H,31,32). The number of rotatable bonds is 9. The van der Waals surface area contributed by atoms with E-state index < -0.39 is 12.1 Å². The van der Waals surface area contributed by atoms with Crippen molar-refractivity contribution >= 4 is 23.7 Å². The number of nitrogens with one attached hydrogen (secondary N) is 2. The molecule has 0 aliphatic heterocycles. The number of fused-ring (bicyclic) bond motifs is 3. The first-order valence-electron chi connectivity index (χ1n) is 11.2. The highest BCUT2D eigenvalue weighted by Crippen LogP contribution is 2.44. The van der Waals surface area contributed by atoms with Gasteiger partial charge in [-0.25, -0.2) is 9.59 Å². The van der Waals surface area contributed by atoms with Crippen LogP contribution in [0.5, 0.6) is 0 Å². The van der Waals surface area contributed by atoms with Gasteiger partial charge in [-0.1, -0.05) is 48.5 Å². The van der Waals surface area contributed by atoms with Crippen LogP contribution in [0.3, 0.4) is 0 Å². The monoisotopic (exact) mass is 458 g/mol. The number of ether oxygens (including phenoxy) is 1. The molecule has 0 radical (unpaired) electrons. The largest absolute Gasteiger partial charge is 0.478 e. The molecule has 7 nitrogen and oxygen atoms in total. The van der Waals surface area contributed by atoms with Gasteiger partial charge in [-0.05, 0) is 59.4 Å². The lowest BCUT2D eigenvalue weighted by Gasteiger charge is -2.14. The molecule has 3 N–H and O–H groups in total. The van der Waals surface area contributed by atoms with E-state index >= 15 is 0 Å². The van der Waals surface area contributed by atoms with E-state index in [1.54, 1.807) is 12.1 Å². The van der Waals surface area contributed by atoms with Gasteiger partial charge in [0.05, 0.1) is 5.56 Å². The van der Waals surface area contributed by atoms with Crippen LogP contribution in [0.15, 0.2) is 72.8 Å². The Labute approximate surface area is 197 Å². The van der Waals surface area contributed by atoms with Gasteiger partial charge in [-0.15, -0.1) is 0 Å². The van der Waals surface area contributed by atoms with Crippen LogP contribution in [0.1, 0.15) is 46.7 Å². The highest BCUT2D eigenvalue weighted by atomic mass is 16.5. The number of anilines is 1. The van der Waals surface area contributed by atoms with Gasteiger partial charge in [-0.2, -0.15) is 0 Å². The van der Waals surface area contributed by atoms with Crippen molar-refractivity contribution in [1.82, 2.24) is 5.32 Å². The number of amides is 2. The SMILES string of the molecule is O=C(CCCCNC(=O)OCC1c2ccccc2-c2ccccc21)Nc1ccc(C(=O)O)cc1. The predicted octanol–water partition coefficient (Wildman–Crippen LogP) is 5.03. The summed E-state index contributed by atoms with van der Waals surface area (Å²) < 4.78 is 5.50. The van der Waals surface area contributed by atoms with Crippen LogP contribution in [0, 0.1) is 0 Å². The molecule has 0 spiro atoms. The molecule has 0 saturated heterocycles. The number of benzene rings is 3. The van der Waals surface area contributed by atoms with E-state index in [1.165, 1.54) is 34.4 Å². The summed E-state index contributed by atoms with van der Waals surface area (Å²) in [6, 6.07) is 22.4. The molecule has 3 aromatic rings. The second kappa shape index (κ2) is 10.7. The summed E-state index contributed by atoms with van der Waals surface area (Å²) in [4.78, 5) is 35.1. The van der Waals surface area contributed by atoms with E-state index in [-0.39, 0.29) is 24.0 Å². The van der Waals surface area contributed by atoms with E-state index in [0.29, 0.717) is 31.5 Å². The van der Waals surface area contributed by atoms with Crippen LogP contribution in [-0.4, -0.2) is 36.2 Å². The van der Waals surface area contributed by atoms with Crippen LogP contribution in [0.2, 0.25) is 0 Å². The van der Waals surface area contributed by atoms with Crippen molar-refractivity contribution in [3.8, 4) is 11.1 Å². The fraction of sp³-hybridized carbons (Fsp3) is 0.222. The average Bonchev–Trinajstić information content (AvgIpc) is 3.16. The van der Waals surface area contributed by atoms with Gasteiger partial charge in [0.15, 0.2) is 0 Å². The number of unbranched alkanes of at least 4 members (excludes halogenated alkanes) is 1. The number of aromatic carboxylic acids is 1. The maximum atomic E-state index is 12.2. The Balaban J connectivity index is 1.16. The molecule has 0 saturated carbocycles. The molecule has 34 heavy (non-hydrogen) atoms. The molecule has 0 heterocycles. The molecule has 1 aliphatic rings. The number of hydrogen-bond acceptors (Lipinski definition) is 4. The number of carboxylic acid groups (broad SMARTS) is 1. The fourth-order valence-corrected chi connectivity index (χ4v) is 4.17. The first-order chi connectivity index (χ1) is 16.5. The van der Waals surface area contributed by atoms with E-state index in [2.05, 4.69) is 34.9 Å². The van der Waals surface area contributed by atoms with Gasteiger partial charge in [0, 0.05) is 24.6 Å². The van der Waals surface area contributed by atoms with Crippen molar-refractivity contribution in [3.63, 3.8) is 0 Å². The van der Waals surface area contributed by atoms with Gasteiger partial charge < -0.3 is 20.5 Å². The zero-order valence-corrected chi connectivity index (χ0v) is 18.6. The molecule has 0 bridgehead atoms. The summed E-state index contributed by atoms with van der Waals surface area (Å²) in [5.74, 6) is -1.16. The third kappa shape index (κ3) is 5.43. The van der Waals surface area contributed by atoms with Gasteiger partial charge >= 0.3 is 12.1 Å². The van der Waals surface area contributed by atoms with E-state index in [0.717, 1.165) is 0 Å². The van der Waals surface area contributed by atoms with Crippen LogP contribution in [0.4, 0.5) is 10.5 Å². The summed E-state index contributed by atoms with van der Waals surface area (Å²) in [5.41, 5.74) is 5.41. The van der Waals surface area contributed by atoms with Crippen molar-refractivity contribution in [2.45, 2.75) is 25.2 Å².